The number of rotatable bonds is 5. The summed E-state index contributed by atoms with van der Waals surface area (Å²) in [7, 11) is 1.60. The topological polar surface area (TPSA) is 71.1 Å². The number of thioether (sulfide) groups is 1. The van der Waals surface area contributed by atoms with Crippen molar-refractivity contribution in [2.75, 3.05) is 26.0 Å². The van der Waals surface area contributed by atoms with Crippen LogP contribution in [0.25, 0.3) is 11.4 Å². The van der Waals surface area contributed by atoms with Crippen LogP contribution in [-0.2, 0) is 4.79 Å². The smallest absolute Gasteiger partial charge is 0.233 e. The quantitative estimate of drug-likeness (QED) is 0.782. The van der Waals surface area contributed by atoms with Gasteiger partial charge in [-0.2, -0.15) is 0 Å². The Morgan fingerprint density at radius 1 is 1.38 bits per heavy atom. The fraction of sp³-hybridized carbons (Fsp3) is 0.500. The largest absolute Gasteiger partial charge is 0.496 e. The van der Waals surface area contributed by atoms with E-state index < -0.39 is 0 Å². The molecule has 0 aliphatic carbocycles. The maximum atomic E-state index is 12.5. The second-order valence-electron chi connectivity index (χ2n) is 6.84. The Labute approximate surface area is 162 Å². The van der Waals surface area contributed by atoms with Crippen molar-refractivity contribution in [3.63, 3.8) is 0 Å². The first-order valence-electron chi connectivity index (χ1n) is 8.63. The Hall–Kier alpha value is -1.73. The predicted octanol–water partition coefficient (Wildman–Crippen LogP) is 3.73. The van der Waals surface area contributed by atoms with Gasteiger partial charge in [-0.15, -0.1) is 5.10 Å². The van der Waals surface area contributed by atoms with E-state index in [2.05, 4.69) is 29.0 Å². The zero-order chi connectivity index (χ0) is 18.7. The molecule has 1 fully saturated rings. The Kier molecular flexibility index (Phi) is 6.09. The van der Waals surface area contributed by atoms with E-state index >= 15 is 0 Å². The molecule has 0 unspecified atom stereocenters. The van der Waals surface area contributed by atoms with Crippen molar-refractivity contribution in [3.8, 4) is 17.1 Å². The van der Waals surface area contributed by atoms with E-state index in [9.17, 15) is 4.79 Å². The minimum absolute atomic E-state index is 0.139. The van der Waals surface area contributed by atoms with Gasteiger partial charge in [0, 0.05) is 18.1 Å². The number of aromatic amines is 1. The summed E-state index contributed by atoms with van der Waals surface area (Å²) < 4.78 is 5.35. The Morgan fingerprint density at radius 3 is 2.81 bits per heavy atom. The summed E-state index contributed by atoms with van der Waals surface area (Å²) in [5.41, 5.74) is 0.740. The molecule has 2 heterocycles. The molecule has 140 valence electrons. The predicted molar refractivity (Wildman–Crippen MR) is 104 cm³/mol. The molecule has 1 aliphatic heterocycles. The molecule has 1 N–H and O–H groups in total. The number of amides is 1. The summed E-state index contributed by atoms with van der Waals surface area (Å²) in [5.74, 6) is 2.81. The summed E-state index contributed by atoms with van der Waals surface area (Å²) >= 11 is 7.41. The second kappa shape index (κ2) is 8.31. The molecule has 6 nitrogen and oxygen atoms in total. The van der Waals surface area contributed by atoms with Gasteiger partial charge in [0.2, 0.25) is 11.1 Å². The zero-order valence-electron chi connectivity index (χ0n) is 15.2. The third kappa shape index (κ3) is 4.51. The van der Waals surface area contributed by atoms with E-state index in [0.717, 1.165) is 18.7 Å². The number of piperidine rings is 1. The van der Waals surface area contributed by atoms with Crippen molar-refractivity contribution in [1.29, 1.82) is 0 Å². The third-order valence-electron chi connectivity index (χ3n) is 4.43. The number of ether oxygens (including phenoxy) is 1. The number of benzene rings is 1. The maximum absolute atomic E-state index is 12.5. The second-order valence-corrected chi connectivity index (χ2v) is 8.22. The van der Waals surface area contributed by atoms with E-state index in [-0.39, 0.29) is 5.91 Å². The molecule has 0 spiro atoms. The fourth-order valence-electron chi connectivity index (χ4n) is 3.38. The minimum atomic E-state index is 0.139. The van der Waals surface area contributed by atoms with Crippen LogP contribution in [0.15, 0.2) is 23.4 Å². The van der Waals surface area contributed by atoms with Crippen LogP contribution in [0.4, 0.5) is 0 Å². The highest BCUT2D eigenvalue weighted by atomic mass is 35.5. The van der Waals surface area contributed by atoms with Crippen LogP contribution in [0.1, 0.15) is 20.3 Å². The molecular weight excluding hydrogens is 372 g/mol. The number of halogens is 1. The summed E-state index contributed by atoms with van der Waals surface area (Å²) in [5, 5.41) is 8.23. The molecule has 1 aliphatic rings. The number of nitrogens with one attached hydrogen (secondary N) is 1. The molecule has 1 amide bonds. The van der Waals surface area contributed by atoms with Gasteiger partial charge in [-0.1, -0.05) is 37.2 Å². The summed E-state index contributed by atoms with van der Waals surface area (Å²) in [6.45, 7) is 6.07. The first-order chi connectivity index (χ1) is 12.5. The number of methoxy groups -OCH3 is 1. The average Bonchev–Trinajstić information content (AvgIpc) is 3.07. The van der Waals surface area contributed by atoms with Gasteiger partial charge in [0.1, 0.15) is 5.75 Å². The first kappa shape index (κ1) is 19.0. The summed E-state index contributed by atoms with van der Waals surface area (Å²) in [6.07, 6.45) is 1.18. The van der Waals surface area contributed by atoms with Crippen LogP contribution in [0.5, 0.6) is 5.75 Å². The lowest BCUT2D eigenvalue weighted by atomic mass is 9.92. The molecule has 1 saturated heterocycles. The van der Waals surface area contributed by atoms with Crippen molar-refractivity contribution in [1.82, 2.24) is 20.1 Å². The van der Waals surface area contributed by atoms with Gasteiger partial charge in [-0.3, -0.25) is 9.89 Å². The average molecular weight is 395 g/mol. The molecule has 0 radical (unpaired) electrons. The molecule has 2 atom stereocenters. The van der Waals surface area contributed by atoms with Crippen LogP contribution < -0.4 is 4.74 Å². The number of carbonyl (C=O) groups is 1. The number of hydrogen-bond acceptors (Lipinski definition) is 5. The summed E-state index contributed by atoms with van der Waals surface area (Å²) in [4.78, 5) is 18.9. The Bertz CT molecular complexity index is 772. The highest BCUT2D eigenvalue weighted by molar-refractivity contribution is 7.99. The van der Waals surface area contributed by atoms with Crippen LogP contribution in [0.2, 0.25) is 5.02 Å². The highest BCUT2D eigenvalue weighted by Gasteiger charge is 2.25. The van der Waals surface area contributed by atoms with E-state index in [1.807, 2.05) is 4.90 Å². The molecule has 3 rings (SSSR count). The SMILES string of the molecule is COc1ccc(Cl)cc1-c1nc(SCC(=O)N2C[C@H](C)C[C@@H](C)C2)n[nH]1. The van der Waals surface area contributed by atoms with Crippen molar-refractivity contribution >= 4 is 29.3 Å². The van der Waals surface area contributed by atoms with Crippen molar-refractivity contribution in [3.05, 3.63) is 23.2 Å². The molecule has 0 bridgehead atoms. The normalized spacial score (nSPS) is 20.2. The first-order valence-corrected chi connectivity index (χ1v) is 9.99. The lowest BCUT2D eigenvalue weighted by Crippen LogP contribution is -2.43. The third-order valence-corrected chi connectivity index (χ3v) is 5.50. The van der Waals surface area contributed by atoms with E-state index in [1.54, 1.807) is 25.3 Å². The van der Waals surface area contributed by atoms with E-state index in [1.165, 1.54) is 18.2 Å². The fourth-order valence-corrected chi connectivity index (χ4v) is 4.25. The molecule has 2 aromatic rings. The van der Waals surface area contributed by atoms with Gasteiger partial charge in [0.15, 0.2) is 5.82 Å². The molecule has 8 heteroatoms. The molecule has 1 aromatic heterocycles. The van der Waals surface area contributed by atoms with E-state index in [4.69, 9.17) is 16.3 Å². The number of H-pyrrole nitrogens is 1. The molecular formula is C18H23ClN4O2S. The Balaban J connectivity index is 1.64. The van der Waals surface area contributed by atoms with Gasteiger partial charge in [-0.05, 0) is 36.5 Å². The maximum Gasteiger partial charge on any atom is 0.233 e. The highest BCUT2D eigenvalue weighted by Crippen LogP contribution is 2.31. The number of carbonyl (C=O) groups excluding carboxylic acids is 1. The number of hydrogen-bond donors (Lipinski definition) is 1. The van der Waals surface area contributed by atoms with Gasteiger partial charge in [0.25, 0.3) is 0 Å². The summed E-state index contributed by atoms with van der Waals surface area (Å²) in [6, 6.07) is 5.32. The van der Waals surface area contributed by atoms with Gasteiger partial charge in [0.05, 0.1) is 18.4 Å². The number of likely N-dealkylation sites (tertiary alicyclic amines) is 1. The standard InChI is InChI=1S/C18H23ClN4O2S/c1-11-6-12(2)9-23(8-11)16(24)10-26-18-20-17(21-22-18)14-7-13(19)4-5-15(14)25-3/h4-5,7,11-12H,6,8-10H2,1-3H3,(H,20,21,22)/t11-,12-/m1/s1. The lowest BCUT2D eigenvalue weighted by molar-refractivity contribution is -0.130. The van der Waals surface area contributed by atoms with E-state index in [0.29, 0.717) is 39.3 Å². The lowest BCUT2D eigenvalue weighted by Gasteiger charge is -2.34. The zero-order valence-corrected chi connectivity index (χ0v) is 16.7. The van der Waals surface area contributed by atoms with Crippen LogP contribution >= 0.6 is 23.4 Å². The van der Waals surface area contributed by atoms with Crippen LogP contribution in [0, 0.1) is 11.8 Å². The minimum Gasteiger partial charge on any atom is -0.496 e. The molecule has 26 heavy (non-hydrogen) atoms. The van der Waals surface area contributed by atoms with Crippen LogP contribution in [0.3, 0.4) is 0 Å². The molecule has 1 aromatic carbocycles. The van der Waals surface area contributed by atoms with Gasteiger partial charge in [-0.25, -0.2) is 4.98 Å². The van der Waals surface area contributed by atoms with Gasteiger partial charge < -0.3 is 9.64 Å². The Morgan fingerprint density at radius 2 is 2.12 bits per heavy atom. The molecule has 0 saturated carbocycles. The number of aromatic nitrogens is 3. The monoisotopic (exact) mass is 394 g/mol. The van der Waals surface area contributed by atoms with Gasteiger partial charge >= 0.3 is 0 Å². The van der Waals surface area contributed by atoms with Crippen molar-refractivity contribution in [2.45, 2.75) is 25.4 Å². The van der Waals surface area contributed by atoms with Crippen molar-refractivity contribution in [2.24, 2.45) is 11.8 Å². The van der Waals surface area contributed by atoms with Crippen LogP contribution in [-0.4, -0.2) is 51.9 Å². The number of nitrogens with zero attached hydrogens (tertiary/aromatic N) is 3. The van der Waals surface area contributed by atoms with Crippen molar-refractivity contribution < 1.29 is 9.53 Å².